The van der Waals surface area contributed by atoms with Crippen LogP contribution in [-0.4, -0.2) is 210 Å². The van der Waals surface area contributed by atoms with Crippen molar-refractivity contribution in [1.29, 1.82) is 0 Å². The van der Waals surface area contributed by atoms with Crippen LogP contribution in [-0.2, 0) is 79.8 Å². The van der Waals surface area contributed by atoms with Gasteiger partial charge in [0.15, 0.2) is 31.1 Å². The van der Waals surface area contributed by atoms with Gasteiger partial charge in [-0.1, -0.05) is 349 Å². The molecule has 3 heterocycles. The number of hydrogen-bond acceptors (Lipinski definition) is 25. The van der Waals surface area contributed by atoms with Crippen LogP contribution in [0.25, 0.3) is 0 Å². The molecule has 14 N–H and O–H groups in total. The summed E-state index contributed by atoms with van der Waals surface area (Å²) in [4.78, 5) is 105. The number of hydrogen-bond donors (Lipinski definition) is 13. The van der Waals surface area contributed by atoms with Crippen molar-refractivity contribution in [2.75, 3.05) is 19.8 Å². The maximum atomic E-state index is 15.2. The van der Waals surface area contributed by atoms with Crippen LogP contribution >= 0.6 is 15.6 Å². The van der Waals surface area contributed by atoms with Crippen molar-refractivity contribution >= 4 is 45.4 Å². The first kappa shape index (κ1) is 114. The van der Waals surface area contributed by atoms with Gasteiger partial charge >= 0.3 is 33.6 Å². The Morgan fingerprint density at radius 2 is 0.740 bits per heavy atom. The molecule has 0 aromatic heterocycles. The number of amides is 2. The fourth-order valence-electron chi connectivity index (χ4n) is 16.4. The number of unbranched alkanes of at least 4 members (excludes halogenated alkanes) is 46. The average Bonchev–Trinajstić information content (AvgIpc) is 0.786. The van der Waals surface area contributed by atoms with Crippen LogP contribution in [0.1, 0.15) is 420 Å². The van der Waals surface area contributed by atoms with E-state index < -0.39 is 201 Å². The van der Waals surface area contributed by atoms with Gasteiger partial charge in [-0.15, -0.1) is 0 Å². The summed E-state index contributed by atoms with van der Waals surface area (Å²) in [6.07, 6.45) is 22.5. The van der Waals surface area contributed by atoms with Crippen LogP contribution in [0.15, 0.2) is 0 Å². The largest absolute Gasteiger partial charge is 0.475 e. The van der Waals surface area contributed by atoms with E-state index in [-0.39, 0.29) is 32.1 Å². The van der Waals surface area contributed by atoms with Crippen LogP contribution in [0, 0.1) is 0 Å². The lowest BCUT2D eigenvalue weighted by atomic mass is 9.95. The smallest absolute Gasteiger partial charge is 0.462 e. The monoisotopic (exact) mass is 1800 g/mol. The van der Waals surface area contributed by atoms with Gasteiger partial charge in [0, 0.05) is 6.42 Å². The molecule has 0 aliphatic carbocycles. The molecule has 0 aromatic carbocycles. The van der Waals surface area contributed by atoms with Gasteiger partial charge in [-0.2, -0.15) is 0 Å². The van der Waals surface area contributed by atoms with E-state index in [9.17, 15) is 78.7 Å². The maximum Gasteiger partial charge on any atom is 0.475 e. The van der Waals surface area contributed by atoms with E-state index in [1.807, 2.05) is 0 Å². The third-order valence-electron chi connectivity index (χ3n) is 23.8. The minimum atomic E-state index is -5.74. The van der Waals surface area contributed by atoms with E-state index in [2.05, 4.69) is 45.3 Å². The normalized spacial score (nSPS) is 24.0. The van der Waals surface area contributed by atoms with Crippen molar-refractivity contribution in [1.82, 2.24) is 10.6 Å². The predicted molar refractivity (Wildman–Crippen MR) is 472 cm³/mol. The molecule has 19 atom stereocenters. The van der Waals surface area contributed by atoms with E-state index in [4.69, 9.17) is 52.5 Å². The van der Waals surface area contributed by atoms with Gasteiger partial charge in [-0.25, -0.2) is 9.13 Å². The van der Waals surface area contributed by atoms with Gasteiger partial charge in [-0.05, 0) is 38.5 Å². The zero-order chi connectivity index (χ0) is 90.3. The molecule has 3 aliphatic rings. The number of ether oxygens (including phenoxy) is 7. The molecule has 0 aromatic rings. The van der Waals surface area contributed by atoms with Crippen molar-refractivity contribution in [3.63, 3.8) is 0 Å². The summed E-state index contributed by atoms with van der Waals surface area (Å²) in [6.45, 7) is 8.16. The topological polar surface area (TPSA) is 464 Å². The van der Waals surface area contributed by atoms with Crippen LogP contribution in [0.5, 0.6) is 0 Å². The number of carbonyl (C=O) groups is 5. The molecule has 724 valence electrons. The number of aliphatic hydroxyl groups is 7. The van der Waals surface area contributed by atoms with Gasteiger partial charge in [0.1, 0.15) is 54.8 Å². The molecule has 3 rings (SSSR count). The number of esters is 3. The highest BCUT2D eigenvalue weighted by molar-refractivity contribution is 7.47. The minimum absolute atomic E-state index is 0.0641. The SMILES string of the molecule is CCCCCCCCCCCCCC(=O)O[C@H](CCCCCCCCCCCCC)CC(=O)N[C@H]1[C@H](OC[C@H]2O[C@H](OP(=O)(O)O)[C@H](NC(=O)C[C@H](O)CCCCCCCCCCCCC)[C@@H](OC(=O)C[C@H](O)CCCCCCCCCCC)[C@@H]2O)O[C@H](CO)[C@@H](OP(=O)(O)O[C@H]2OC[C@H](N)[C@H](O)[C@H]2O)[C@@H]1OC(=O)C[C@H](O)CCCCCCCCCCC. The van der Waals surface area contributed by atoms with E-state index in [0.717, 1.165) is 212 Å². The summed E-state index contributed by atoms with van der Waals surface area (Å²) in [6, 6.07) is -5.10. The van der Waals surface area contributed by atoms with Crippen LogP contribution in [0.4, 0.5) is 0 Å². The van der Waals surface area contributed by atoms with E-state index >= 15 is 4.79 Å². The third-order valence-corrected chi connectivity index (χ3v) is 25.3. The number of carbonyl (C=O) groups excluding carboxylic acids is 5. The lowest BCUT2D eigenvalue weighted by molar-refractivity contribution is -0.297. The van der Waals surface area contributed by atoms with Crippen molar-refractivity contribution < 1.29 is 130 Å². The summed E-state index contributed by atoms with van der Waals surface area (Å²) in [5, 5.41) is 84.8. The second kappa shape index (κ2) is 70.9. The van der Waals surface area contributed by atoms with Crippen molar-refractivity contribution in [2.24, 2.45) is 5.73 Å². The Bertz CT molecular complexity index is 2770. The van der Waals surface area contributed by atoms with Gasteiger partial charge in [0.05, 0.1) is 69.9 Å². The number of rotatable bonds is 79. The van der Waals surface area contributed by atoms with Crippen molar-refractivity contribution in [3.8, 4) is 0 Å². The van der Waals surface area contributed by atoms with Crippen LogP contribution in [0.3, 0.4) is 0 Å². The molecular weight excluding hydrogens is 1630 g/mol. The standard InChI is InChI=1S/C91H173N3O27P2/c1-6-11-16-21-26-31-34-39-44-47-52-57-69(96)62-76(99)93-81-87(117-79(102)63-70(97)58-53-48-42-37-29-24-19-14-9-4)84(105)75(116-90(81)120-122(107,108)109)68-113-89-82(94-77(100)65-72(60-55-50-45-40-35-32-27-22-17-12-7-2)114-78(101)61-56-51-46-41-36-33-28-23-18-13-8-3)88(118-80(103)64-71(98)59-54-49-43-38-30-25-20-15-10-5)86(74(66-95)115-89)119-123(110,111)121-91-85(106)83(104)73(92)67-112-91/h69-75,81-91,95-98,104-106H,6-68,92H2,1-5H3,(H,93,99)(H,94,100)(H,110,111)(H2,107,108,109)/t69-,70-,71-,72-,73+,74-,75-,81-,82-,83+,84-,85-,86-,87-,88-,89-,90-,91-/m1/s1. The van der Waals surface area contributed by atoms with Gasteiger partial charge in [-0.3, -0.25) is 37.5 Å². The summed E-state index contributed by atoms with van der Waals surface area (Å²) in [5.41, 5.74) is 5.90. The Morgan fingerprint density at radius 1 is 0.390 bits per heavy atom. The number of nitrogens with two attached hydrogens (primary N) is 1. The number of phosphoric acid groups is 2. The Labute approximate surface area is 738 Å². The first-order valence-corrected chi connectivity index (χ1v) is 51.8. The molecule has 0 radical (unpaired) electrons. The quantitative estimate of drug-likeness (QED) is 0.0116. The molecule has 1 unspecified atom stereocenters. The lowest BCUT2D eigenvalue weighted by Gasteiger charge is -2.47. The zero-order valence-electron chi connectivity index (χ0n) is 76.3. The zero-order valence-corrected chi connectivity index (χ0v) is 78.1. The second-order valence-electron chi connectivity index (χ2n) is 35.3. The molecule has 3 aliphatic heterocycles. The lowest BCUT2D eigenvalue weighted by Crippen LogP contribution is -2.68. The highest BCUT2D eigenvalue weighted by Crippen LogP contribution is 2.50. The molecule has 32 heteroatoms. The Hall–Kier alpha value is -2.91. The first-order chi connectivity index (χ1) is 59.2. The average molecular weight is 1800 g/mol. The fourth-order valence-corrected chi connectivity index (χ4v) is 18.0. The Morgan fingerprint density at radius 3 is 1.14 bits per heavy atom. The highest BCUT2D eigenvalue weighted by Gasteiger charge is 2.56. The summed E-state index contributed by atoms with van der Waals surface area (Å²) in [5.74, 6) is -4.67. The van der Waals surface area contributed by atoms with Crippen LogP contribution < -0.4 is 16.4 Å². The van der Waals surface area contributed by atoms with Gasteiger partial charge < -0.3 is 100.0 Å². The van der Waals surface area contributed by atoms with E-state index in [0.29, 0.717) is 32.1 Å². The summed E-state index contributed by atoms with van der Waals surface area (Å²) < 4.78 is 86.4. The maximum absolute atomic E-state index is 15.2. The van der Waals surface area contributed by atoms with E-state index in [1.165, 1.54) is 83.5 Å². The third kappa shape index (κ3) is 54.5. The molecule has 3 fully saturated rings. The molecule has 3 saturated heterocycles. The van der Waals surface area contributed by atoms with Crippen LogP contribution in [0.2, 0.25) is 0 Å². The van der Waals surface area contributed by atoms with E-state index in [1.54, 1.807) is 0 Å². The molecule has 0 spiro atoms. The number of phosphoric ester groups is 2. The number of aliphatic hydroxyl groups excluding tert-OH is 7. The molecule has 0 saturated carbocycles. The highest BCUT2D eigenvalue weighted by atomic mass is 31.2. The minimum Gasteiger partial charge on any atom is -0.462 e. The Balaban J connectivity index is 2.18. The van der Waals surface area contributed by atoms with Crippen molar-refractivity contribution in [2.45, 2.75) is 530 Å². The molecule has 2 amide bonds. The predicted octanol–water partition coefficient (Wildman–Crippen LogP) is 16.1. The van der Waals surface area contributed by atoms with Gasteiger partial charge in [0.2, 0.25) is 11.8 Å². The van der Waals surface area contributed by atoms with Gasteiger partial charge in [0.25, 0.3) is 0 Å². The molecular formula is C91H173N3O27P2. The number of nitrogens with one attached hydrogen (secondary N) is 2. The first-order valence-electron chi connectivity index (χ1n) is 48.8. The fraction of sp³-hybridized carbons (Fsp3) is 0.945. The summed E-state index contributed by atoms with van der Waals surface area (Å²) >= 11 is 0. The molecule has 0 bridgehead atoms. The molecule has 123 heavy (non-hydrogen) atoms. The Kier molecular flexibility index (Phi) is 65.8. The second-order valence-corrected chi connectivity index (χ2v) is 37.9. The molecule has 30 nitrogen and oxygen atoms in total. The summed E-state index contributed by atoms with van der Waals surface area (Å²) in [7, 11) is -11.4. The van der Waals surface area contributed by atoms with Crippen molar-refractivity contribution in [3.05, 3.63) is 0 Å².